The highest BCUT2D eigenvalue weighted by atomic mass is 35.5. The lowest BCUT2D eigenvalue weighted by Gasteiger charge is -2.19. The van der Waals surface area contributed by atoms with Crippen molar-refractivity contribution >= 4 is 46.1 Å². The second kappa shape index (κ2) is 10.3. The number of halogens is 4. The second-order valence-corrected chi connectivity index (χ2v) is 9.32. The van der Waals surface area contributed by atoms with Gasteiger partial charge in [0, 0.05) is 22.7 Å². The highest BCUT2D eigenvalue weighted by molar-refractivity contribution is 7.98. The van der Waals surface area contributed by atoms with E-state index in [0.717, 1.165) is 17.7 Å². The Kier molecular flexibility index (Phi) is 7.37. The number of amides is 1. The molecule has 5 nitrogen and oxygen atoms in total. The van der Waals surface area contributed by atoms with E-state index in [4.69, 9.17) is 11.6 Å². The largest absolute Gasteiger partial charge is 0.416 e. The summed E-state index contributed by atoms with van der Waals surface area (Å²) in [6.45, 7) is 3.75. The highest BCUT2D eigenvalue weighted by Crippen LogP contribution is 2.33. The van der Waals surface area contributed by atoms with Crippen molar-refractivity contribution in [2.45, 2.75) is 43.4 Å². The van der Waals surface area contributed by atoms with Gasteiger partial charge < -0.3 is 5.32 Å². The number of nitrogens with zero attached hydrogens (tertiary/aromatic N) is 3. The quantitative estimate of drug-likeness (QED) is 0.261. The van der Waals surface area contributed by atoms with Gasteiger partial charge in [0.1, 0.15) is 11.6 Å². The third kappa shape index (κ3) is 5.62. The number of carbonyl (C=O) groups excluding carboxylic acids is 1. The Morgan fingerprint density at radius 1 is 1.17 bits per heavy atom. The van der Waals surface area contributed by atoms with Crippen molar-refractivity contribution in [1.82, 2.24) is 14.5 Å². The van der Waals surface area contributed by atoms with Gasteiger partial charge in [0.15, 0.2) is 10.8 Å². The van der Waals surface area contributed by atoms with E-state index >= 15 is 0 Å². The molecule has 2 aromatic carbocycles. The third-order valence-corrected chi connectivity index (χ3v) is 6.91. The molecular formula is C25H22ClF3N4OS. The van der Waals surface area contributed by atoms with Crippen molar-refractivity contribution in [3.05, 3.63) is 82.5 Å². The summed E-state index contributed by atoms with van der Waals surface area (Å²) in [5.41, 5.74) is 2.40. The molecule has 0 unspecified atom stereocenters. The molecule has 0 fully saturated rings. The fraction of sp³-hybridized carbons (Fsp3) is 0.240. The number of nitrogens with one attached hydrogen (secondary N) is 1. The lowest BCUT2D eigenvalue weighted by molar-refractivity contribution is -0.137. The minimum atomic E-state index is -4.41. The van der Waals surface area contributed by atoms with Crippen LogP contribution in [0.3, 0.4) is 0 Å². The Labute approximate surface area is 209 Å². The molecule has 10 heteroatoms. The number of anilines is 1. The number of hydrogen-bond acceptors (Lipinski definition) is 4. The number of hydrogen-bond donors (Lipinski definition) is 1. The molecule has 0 bridgehead atoms. The SMILES string of the molecule is CC[C@H](C(=O)Nc1ccc(C)c(Cl)c1)n1c(SCc2cccc(C(F)(F)F)c2)nc2cccnc21. The van der Waals surface area contributed by atoms with E-state index in [1.807, 2.05) is 19.9 Å². The average Bonchev–Trinajstić information content (AvgIpc) is 3.18. The summed E-state index contributed by atoms with van der Waals surface area (Å²) in [6.07, 6.45) is -2.35. The van der Waals surface area contributed by atoms with Gasteiger partial charge in [0.25, 0.3) is 0 Å². The van der Waals surface area contributed by atoms with Crippen molar-refractivity contribution in [3.63, 3.8) is 0 Å². The van der Waals surface area contributed by atoms with Gasteiger partial charge in [0.05, 0.1) is 5.56 Å². The molecule has 2 aromatic heterocycles. The summed E-state index contributed by atoms with van der Waals surface area (Å²) in [7, 11) is 0. The summed E-state index contributed by atoms with van der Waals surface area (Å²) in [4.78, 5) is 22.3. The molecule has 0 saturated heterocycles. The van der Waals surface area contributed by atoms with Crippen LogP contribution in [0.4, 0.5) is 18.9 Å². The van der Waals surface area contributed by atoms with Crippen LogP contribution in [0.5, 0.6) is 0 Å². The van der Waals surface area contributed by atoms with E-state index in [9.17, 15) is 18.0 Å². The van der Waals surface area contributed by atoms with E-state index in [0.29, 0.717) is 39.0 Å². The maximum absolute atomic E-state index is 13.3. The van der Waals surface area contributed by atoms with Crippen molar-refractivity contribution < 1.29 is 18.0 Å². The molecule has 4 rings (SSSR count). The van der Waals surface area contributed by atoms with Gasteiger partial charge >= 0.3 is 6.18 Å². The molecule has 1 amide bonds. The van der Waals surface area contributed by atoms with Gasteiger partial charge in [0.2, 0.25) is 5.91 Å². The zero-order valence-electron chi connectivity index (χ0n) is 18.9. The molecular weight excluding hydrogens is 497 g/mol. The molecule has 0 saturated carbocycles. The number of alkyl halides is 3. The maximum Gasteiger partial charge on any atom is 0.416 e. The van der Waals surface area contributed by atoms with Crippen LogP contribution in [0.1, 0.15) is 36.1 Å². The Morgan fingerprint density at radius 3 is 2.69 bits per heavy atom. The van der Waals surface area contributed by atoms with Gasteiger partial charge in [-0.25, -0.2) is 9.97 Å². The monoisotopic (exact) mass is 518 g/mol. The van der Waals surface area contributed by atoms with E-state index in [1.165, 1.54) is 17.8 Å². The van der Waals surface area contributed by atoms with Gasteiger partial charge in [-0.2, -0.15) is 13.2 Å². The van der Waals surface area contributed by atoms with Gasteiger partial charge in [-0.05, 0) is 54.8 Å². The molecule has 0 aliphatic rings. The van der Waals surface area contributed by atoms with Crippen LogP contribution in [0.15, 0.2) is 66.0 Å². The number of benzene rings is 2. The summed E-state index contributed by atoms with van der Waals surface area (Å²) in [5.74, 6) is -0.0166. The lowest BCUT2D eigenvalue weighted by Crippen LogP contribution is -2.26. The highest BCUT2D eigenvalue weighted by Gasteiger charge is 2.30. The summed E-state index contributed by atoms with van der Waals surface area (Å²) >= 11 is 7.46. The number of aryl methyl sites for hydroxylation is 1. The molecule has 0 spiro atoms. The first-order chi connectivity index (χ1) is 16.7. The lowest BCUT2D eigenvalue weighted by atomic mass is 10.1. The first-order valence-electron chi connectivity index (χ1n) is 10.9. The summed E-state index contributed by atoms with van der Waals surface area (Å²) in [6, 6.07) is 13.4. The smallest absolute Gasteiger partial charge is 0.324 e. The number of thioether (sulfide) groups is 1. The standard InChI is InChI=1S/C25H22ClF3N4OS/c1-3-21(23(34)31-18-10-9-15(2)19(26)13-18)33-22-20(8-5-11-30-22)32-24(33)35-14-16-6-4-7-17(12-16)25(27,28)29/h4-13,21H,3,14H2,1-2H3,(H,31,34)/t21-/m1/s1. The predicted molar refractivity (Wildman–Crippen MR) is 133 cm³/mol. The Morgan fingerprint density at radius 2 is 1.97 bits per heavy atom. The van der Waals surface area contributed by atoms with Crippen LogP contribution in [0.25, 0.3) is 11.2 Å². The molecule has 182 valence electrons. The number of fused-ring (bicyclic) bond motifs is 1. The number of rotatable bonds is 7. The third-order valence-electron chi connectivity index (χ3n) is 5.48. The van der Waals surface area contributed by atoms with Crippen molar-refractivity contribution in [1.29, 1.82) is 0 Å². The number of imidazole rings is 1. The van der Waals surface area contributed by atoms with E-state index in [1.54, 1.807) is 41.1 Å². The predicted octanol–water partition coefficient (Wildman–Crippen LogP) is 7.29. The fourth-order valence-corrected chi connectivity index (χ4v) is 4.83. The van der Waals surface area contributed by atoms with Crippen LogP contribution >= 0.6 is 23.4 Å². The van der Waals surface area contributed by atoms with Gasteiger partial charge in [-0.15, -0.1) is 0 Å². The van der Waals surface area contributed by atoms with E-state index < -0.39 is 17.8 Å². The number of pyridine rings is 1. The van der Waals surface area contributed by atoms with Crippen LogP contribution in [0, 0.1) is 6.92 Å². The van der Waals surface area contributed by atoms with Crippen LogP contribution in [-0.4, -0.2) is 20.4 Å². The molecule has 1 N–H and O–H groups in total. The fourth-order valence-electron chi connectivity index (χ4n) is 3.66. The molecule has 35 heavy (non-hydrogen) atoms. The normalized spacial score (nSPS) is 12.6. The number of carbonyl (C=O) groups is 1. The Balaban J connectivity index is 1.64. The first kappa shape index (κ1) is 25.1. The van der Waals surface area contributed by atoms with E-state index in [2.05, 4.69) is 15.3 Å². The van der Waals surface area contributed by atoms with Crippen LogP contribution in [0.2, 0.25) is 5.02 Å². The van der Waals surface area contributed by atoms with Gasteiger partial charge in [-0.1, -0.05) is 54.6 Å². The van der Waals surface area contributed by atoms with Crippen molar-refractivity contribution in [2.75, 3.05) is 5.32 Å². The maximum atomic E-state index is 13.3. The van der Waals surface area contributed by atoms with Crippen molar-refractivity contribution in [2.24, 2.45) is 0 Å². The van der Waals surface area contributed by atoms with Crippen LogP contribution in [-0.2, 0) is 16.7 Å². The molecule has 2 heterocycles. The van der Waals surface area contributed by atoms with E-state index in [-0.39, 0.29) is 11.7 Å². The Bertz CT molecular complexity index is 1370. The van der Waals surface area contributed by atoms with Crippen LogP contribution < -0.4 is 5.32 Å². The molecule has 0 aliphatic carbocycles. The van der Waals surface area contributed by atoms with Crippen molar-refractivity contribution in [3.8, 4) is 0 Å². The Hall–Kier alpha value is -3.04. The topological polar surface area (TPSA) is 59.8 Å². The zero-order chi connectivity index (χ0) is 25.2. The molecule has 0 aliphatic heterocycles. The molecule has 4 aromatic rings. The number of aromatic nitrogens is 3. The van der Waals surface area contributed by atoms with Gasteiger partial charge in [-0.3, -0.25) is 9.36 Å². The average molecular weight is 519 g/mol. The minimum Gasteiger partial charge on any atom is -0.324 e. The zero-order valence-corrected chi connectivity index (χ0v) is 20.5. The first-order valence-corrected chi connectivity index (χ1v) is 12.2. The summed E-state index contributed by atoms with van der Waals surface area (Å²) < 4.78 is 41.1. The minimum absolute atomic E-state index is 0.249. The summed E-state index contributed by atoms with van der Waals surface area (Å²) in [5, 5.41) is 3.95. The second-order valence-electron chi connectivity index (χ2n) is 7.97. The molecule has 0 radical (unpaired) electrons. The molecule has 1 atom stereocenters.